The average molecular weight is 354 g/mol. The molecule has 1 amide bonds. The van der Waals surface area contributed by atoms with E-state index in [2.05, 4.69) is 5.32 Å². The van der Waals surface area contributed by atoms with Gasteiger partial charge in [-0.1, -0.05) is 6.92 Å². The average Bonchev–Trinajstić information content (AvgIpc) is 2.59. The maximum absolute atomic E-state index is 12.2. The molecule has 0 radical (unpaired) electrons. The van der Waals surface area contributed by atoms with Gasteiger partial charge in [-0.15, -0.1) is 0 Å². The normalized spacial score (nSPS) is 11.4. The zero-order chi connectivity index (χ0) is 19.0. The van der Waals surface area contributed by atoms with Crippen LogP contribution in [-0.2, 0) is 9.53 Å². The summed E-state index contributed by atoms with van der Waals surface area (Å²) in [4.78, 5) is 34.3. The molecule has 0 bridgehead atoms. The minimum atomic E-state index is -0.993. The second kappa shape index (κ2) is 9.45. The maximum Gasteiger partial charge on any atom is 0.345 e. The van der Waals surface area contributed by atoms with Gasteiger partial charge in [-0.3, -0.25) is 14.9 Å². The van der Waals surface area contributed by atoms with Gasteiger partial charge in [0, 0.05) is 12.1 Å². The van der Waals surface area contributed by atoms with Gasteiger partial charge in [-0.2, -0.15) is 0 Å². The van der Waals surface area contributed by atoms with Crippen LogP contribution < -0.4 is 14.8 Å². The molecular weight excluding hydrogens is 332 g/mol. The zero-order valence-corrected chi connectivity index (χ0v) is 14.7. The van der Waals surface area contributed by atoms with Gasteiger partial charge in [-0.25, -0.2) is 4.79 Å². The Bertz CT molecular complexity index is 646. The number of hydrogen-bond acceptors (Lipinski definition) is 7. The first-order valence-electron chi connectivity index (χ1n) is 7.79. The molecule has 0 fully saturated rings. The van der Waals surface area contributed by atoms with Crippen LogP contribution in [0.1, 0.15) is 37.6 Å². The highest BCUT2D eigenvalue weighted by molar-refractivity contribution is 5.96. The first kappa shape index (κ1) is 20.2. The molecule has 0 heterocycles. The minimum absolute atomic E-state index is 0.0638. The number of nitrogens with one attached hydrogen (secondary N) is 1. The lowest BCUT2D eigenvalue weighted by molar-refractivity contribution is -0.385. The van der Waals surface area contributed by atoms with Crippen molar-refractivity contribution in [2.45, 2.75) is 33.2 Å². The van der Waals surface area contributed by atoms with Gasteiger partial charge < -0.3 is 19.5 Å². The van der Waals surface area contributed by atoms with Crippen LogP contribution in [0.5, 0.6) is 11.5 Å². The lowest BCUT2D eigenvalue weighted by Gasteiger charge is -2.13. The Labute approximate surface area is 145 Å². The van der Waals surface area contributed by atoms with Crippen LogP contribution in [0.3, 0.4) is 0 Å². The molecule has 1 aromatic carbocycles. The summed E-state index contributed by atoms with van der Waals surface area (Å²) in [5, 5.41) is 13.9. The van der Waals surface area contributed by atoms with Crippen LogP contribution in [0.4, 0.5) is 5.69 Å². The molecule has 9 nitrogen and oxygen atoms in total. The molecule has 1 atom stereocenters. The van der Waals surface area contributed by atoms with E-state index in [1.807, 2.05) is 13.8 Å². The second-order valence-electron chi connectivity index (χ2n) is 5.16. The van der Waals surface area contributed by atoms with E-state index in [9.17, 15) is 19.7 Å². The number of esters is 1. The van der Waals surface area contributed by atoms with Gasteiger partial charge in [0.15, 0.2) is 18.1 Å². The van der Waals surface area contributed by atoms with Crippen molar-refractivity contribution in [3.05, 3.63) is 27.8 Å². The van der Waals surface area contributed by atoms with Crippen molar-refractivity contribution in [2.75, 3.05) is 20.3 Å². The van der Waals surface area contributed by atoms with E-state index in [1.54, 1.807) is 6.92 Å². The molecular formula is C16H22N2O7. The predicted octanol–water partition coefficient (Wildman–Crippen LogP) is 2.07. The Hall–Kier alpha value is -2.84. The van der Waals surface area contributed by atoms with Crippen molar-refractivity contribution in [1.82, 2.24) is 5.32 Å². The number of methoxy groups -OCH3 is 1. The van der Waals surface area contributed by atoms with Crippen LogP contribution in [0.15, 0.2) is 12.1 Å². The van der Waals surface area contributed by atoms with E-state index in [-0.39, 0.29) is 29.7 Å². The number of amides is 1. The van der Waals surface area contributed by atoms with Gasteiger partial charge in [0.05, 0.1) is 24.7 Å². The first-order chi connectivity index (χ1) is 11.8. The molecule has 1 aromatic rings. The van der Waals surface area contributed by atoms with Crippen LogP contribution in [0.2, 0.25) is 0 Å². The SMILES string of the molecule is CCOc1cc([N+](=O)[O-])c(C(=O)OCC(=O)N[C@H](C)CC)cc1OC. The number of nitro benzene ring substituents is 1. The topological polar surface area (TPSA) is 117 Å². The van der Waals surface area contributed by atoms with E-state index in [4.69, 9.17) is 14.2 Å². The third-order valence-corrected chi connectivity index (χ3v) is 3.35. The smallest absolute Gasteiger partial charge is 0.345 e. The van der Waals surface area contributed by atoms with Gasteiger partial charge in [-0.05, 0) is 20.3 Å². The molecule has 0 saturated heterocycles. The molecule has 0 unspecified atom stereocenters. The van der Waals surface area contributed by atoms with Crippen molar-refractivity contribution in [3.8, 4) is 11.5 Å². The Balaban J connectivity index is 2.99. The van der Waals surface area contributed by atoms with Gasteiger partial charge in [0.2, 0.25) is 0 Å². The molecule has 1 rings (SSSR count). The Kier molecular flexibility index (Phi) is 7.64. The number of benzene rings is 1. The van der Waals surface area contributed by atoms with Crippen molar-refractivity contribution in [3.63, 3.8) is 0 Å². The number of carbonyl (C=O) groups is 2. The Morgan fingerprint density at radius 3 is 2.48 bits per heavy atom. The summed E-state index contributed by atoms with van der Waals surface area (Å²) in [6.07, 6.45) is 0.723. The van der Waals surface area contributed by atoms with Crippen molar-refractivity contribution >= 4 is 17.6 Å². The molecule has 0 aliphatic carbocycles. The fourth-order valence-electron chi connectivity index (χ4n) is 1.92. The van der Waals surface area contributed by atoms with Crippen LogP contribution >= 0.6 is 0 Å². The van der Waals surface area contributed by atoms with E-state index in [1.165, 1.54) is 7.11 Å². The highest BCUT2D eigenvalue weighted by Gasteiger charge is 2.26. The second-order valence-corrected chi connectivity index (χ2v) is 5.16. The van der Waals surface area contributed by atoms with Crippen LogP contribution in [0, 0.1) is 10.1 Å². The number of ether oxygens (including phenoxy) is 3. The first-order valence-corrected chi connectivity index (χ1v) is 7.79. The number of nitrogens with zero attached hydrogens (tertiary/aromatic N) is 1. The molecule has 0 spiro atoms. The largest absolute Gasteiger partial charge is 0.493 e. The monoisotopic (exact) mass is 354 g/mol. The zero-order valence-electron chi connectivity index (χ0n) is 14.7. The quantitative estimate of drug-likeness (QED) is 0.410. The molecule has 0 saturated carbocycles. The Morgan fingerprint density at radius 2 is 1.96 bits per heavy atom. The van der Waals surface area contributed by atoms with E-state index < -0.39 is 29.1 Å². The molecule has 1 N–H and O–H groups in total. The minimum Gasteiger partial charge on any atom is -0.493 e. The standard InChI is InChI=1S/C16H22N2O7/c1-5-10(3)17-15(19)9-25-16(20)11-7-13(23-4)14(24-6-2)8-12(11)18(21)22/h7-8,10H,5-6,9H2,1-4H3,(H,17,19)/t10-/m1/s1. The summed E-state index contributed by atoms with van der Waals surface area (Å²) in [6.45, 7) is 5.15. The summed E-state index contributed by atoms with van der Waals surface area (Å²) in [5.41, 5.74) is -0.807. The van der Waals surface area contributed by atoms with Crippen molar-refractivity contribution in [1.29, 1.82) is 0 Å². The third-order valence-electron chi connectivity index (χ3n) is 3.35. The molecule has 25 heavy (non-hydrogen) atoms. The summed E-state index contributed by atoms with van der Waals surface area (Å²) < 4.78 is 15.2. The number of hydrogen-bond donors (Lipinski definition) is 1. The number of rotatable bonds is 9. The summed E-state index contributed by atoms with van der Waals surface area (Å²) in [6, 6.07) is 2.20. The lowest BCUT2D eigenvalue weighted by Crippen LogP contribution is -2.35. The predicted molar refractivity (Wildman–Crippen MR) is 89.0 cm³/mol. The molecule has 0 aliphatic heterocycles. The van der Waals surface area contributed by atoms with Crippen LogP contribution in [0.25, 0.3) is 0 Å². The lowest BCUT2D eigenvalue weighted by atomic mass is 10.1. The van der Waals surface area contributed by atoms with Crippen molar-refractivity contribution in [2.24, 2.45) is 0 Å². The van der Waals surface area contributed by atoms with Gasteiger partial charge in [0.1, 0.15) is 5.56 Å². The van der Waals surface area contributed by atoms with Crippen LogP contribution in [-0.4, -0.2) is 43.2 Å². The number of carbonyl (C=O) groups excluding carboxylic acids is 2. The molecule has 9 heteroatoms. The van der Waals surface area contributed by atoms with Gasteiger partial charge >= 0.3 is 5.97 Å². The van der Waals surface area contributed by atoms with Gasteiger partial charge in [0.25, 0.3) is 11.6 Å². The molecule has 0 aromatic heterocycles. The van der Waals surface area contributed by atoms with Crippen molar-refractivity contribution < 1.29 is 28.7 Å². The molecule has 0 aliphatic rings. The highest BCUT2D eigenvalue weighted by atomic mass is 16.6. The summed E-state index contributed by atoms with van der Waals surface area (Å²) in [7, 11) is 1.35. The van der Waals surface area contributed by atoms with E-state index in [0.29, 0.717) is 0 Å². The number of nitro groups is 1. The Morgan fingerprint density at radius 1 is 1.28 bits per heavy atom. The summed E-state index contributed by atoms with van der Waals surface area (Å²) >= 11 is 0. The summed E-state index contributed by atoms with van der Waals surface area (Å²) in [5.74, 6) is -1.18. The highest BCUT2D eigenvalue weighted by Crippen LogP contribution is 2.35. The third kappa shape index (κ3) is 5.63. The fraction of sp³-hybridized carbons (Fsp3) is 0.500. The van der Waals surface area contributed by atoms with E-state index in [0.717, 1.165) is 18.6 Å². The fourth-order valence-corrected chi connectivity index (χ4v) is 1.92. The maximum atomic E-state index is 12.2. The van der Waals surface area contributed by atoms with E-state index >= 15 is 0 Å². The molecule has 138 valence electrons.